The summed E-state index contributed by atoms with van der Waals surface area (Å²) in [5, 5.41) is 12.9. The lowest BCUT2D eigenvalue weighted by atomic mass is 9.99. The van der Waals surface area contributed by atoms with Crippen LogP contribution in [0.25, 0.3) is 10.9 Å². The number of hydrogen-bond acceptors (Lipinski definition) is 3. The maximum Gasteiger partial charge on any atom is 0.252 e. The minimum atomic E-state index is -0.336. The van der Waals surface area contributed by atoms with Gasteiger partial charge in [-0.2, -0.15) is 0 Å². The predicted octanol–water partition coefficient (Wildman–Crippen LogP) is 1.66. The normalized spacial score (nSPS) is 13.9. The van der Waals surface area contributed by atoms with Crippen LogP contribution in [0.4, 0.5) is 0 Å². The zero-order valence-electron chi connectivity index (χ0n) is 12.2. The molecule has 5 nitrogen and oxygen atoms in total. The monoisotopic (exact) mass is 288 g/mol. The van der Waals surface area contributed by atoms with Crippen molar-refractivity contribution in [2.45, 2.75) is 26.3 Å². The number of hydrogen-bond donors (Lipinski definition) is 3. The highest BCUT2D eigenvalue weighted by molar-refractivity contribution is 6.06. The molecule has 2 atom stereocenters. The molecule has 1 aromatic heterocycles. The fourth-order valence-corrected chi connectivity index (χ4v) is 2.29. The second-order valence-electron chi connectivity index (χ2n) is 5.24. The first-order valence-electron chi connectivity index (χ1n) is 7.10. The molecule has 0 fully saturated rings. The largest absolute Gasteiger partial charge is 0.394 e. The molecular weight excluding hydrogens is 268 g/mol. The van der Waals surface area contributed by atoms with Crippen molar-refractivity contribution >= 4 is 16.8 Å². The Bertz CT molecular complexity index is 693. The lowest BCUT2D eigenvalue weighted by molar-refractivity contribution is 0.0893. The van der Waals surface area contributed by atoms with Crippen LogP contribution in [0.3, 0.4) is 0 Å². The number of rotatable bonds is 5. The fraction of sp³-hybridized carbons (Fsp3) is 0.375. The van der Waals surface area contributed by atoms with Gasteiger partial charge in [0.2, 0.25) is 5.56 Å². The maximum atomic E-state index is 12.4. The van der Waals surface area contributed by atoms with Gasteiger partial charge in [-0.3, -0.25) is 9.59 Å². The predicted molar refractivity (Wildman–Crippen MR) is 82.4 cm³/mol. The molecule has 1 aromatic carbocycles. The van der Waals surface area contributed by atoms with E-state index < -0.39 is 0 Å². The topological polar surface area (TPSA) is 82.2 Å². The number of nitrogens with one attached hydrogen (secondary N) is 2. The van der Waals surface area contributed by atoms with E-state index in [2.05, 4.69) is 10.3 Å². The second kappa shape index (κ2) is 6.54. The molecule has 2 aromatic rings. The van der Waals surface area contributed by atoms with Crippen molar-refractivity contribution < 1.29 is 9.90 Å². The first kappa shape index (κ1) is 15.3. The van der Waals surface area contributed by atoms with E-state index in [-0.39, 0.29) is 30.0 Å². The zero-order valence-corrected chi connectivity index (χ0v) is 12.2. The average molecular weight is 288 g/mol. The van der Waals surface area contributed by atoms with Gasteiger partial charge in [0.25, 0.3) is 5.91 Å². The molecule has 1 heterocycles. The summed E-state index contributed by atoms with van der Waals surface area (Å²) in [6.45, 7) is 3.85. The summed E-state index contributed by atoms with van der Waals surface area (Å²) in [5.41, 5.74) is 0.637. The van der Waals surface area contributed by atoms with Crippen LogP contribution in [0.5, 0.6) is 0 Å². The molecule has 2 rings (SSSR count). The third-order valence-electron chi connectivity index (χ3n) is 3.84. The van der Waals surface area contributed by atoms with Crippen molar-refractivity contribution in [3.05, 3.63) is 46.2 Å². The highest BCUT2D eigenvalue weighted by atomic mass is 16.3. The van der Waals surface area contributed by atoms with Gasteiger partial charge in [-0.25, -0.2) is 0 Å². The van der Waals surface area contributed by atoms with Crippen molar-refractivity contribution in [1.29, 1.82) is 0 Å². The van der Waals surface area contributed by atoms with Crippen LogP contribution in [0.1, 0.15) is 30.6 Å². The van der Waals surface area contributed by atoms with Crippen LogP contribution in [-0.4, -0.2) is 28.6 Å². The number of pyridine rings is 1. The number of aliphatic hydroxyl groups excluding tert-OH is 1. The van der Waals surface area contributed by atoms with Crippen molar-refractivity contribution in [2.24, 2.45) is 5.92 Å². The molecule has 0 aliphatic carbocycles. The fourth-order valence-electron chi connectivity index (χ4n) is 2.29. The molecule has 0 spiro atoms. The summed E-state index contributed by atoms with van der Waals surface area (Å²) in [5.74, 6) is -0.177. The van der Waals surface area contributed by atoms with Crippen LogP contribution in [0.15, 0.2) is 35.1 Å². The van der Waals surface area contributed by atoms with Gasteiger partial charge in [-0.05, 0) is 12.0 Å². The van der Waals surface area contributed by atoms with E-state index in [1.165, 1.54) is 6.07 Å². The molecule has 1 amide bonds. The quantitative estimate of drug-likeness (QED) is 0.782. The SMILES string of the molecule is CC[C@@H](C)[C@H](CO)NC(=O)c1cc(=O)[nH]c2ccccc12. The molecule has 0 saturated carbocycles. The number of carbonyl (C=O) groups excluding carboxylic acids is 1. The molecule has 21 heavy (non-hydrogen) atoms. The highest BCUT2D eigenvalue weighted by Gasteiger charge is 2.19. The van der Waals surface area contributed by atoms with Crippen LogP contribution < -0.4 is 10.9 Å². The Labute approximate surface area is 123 Å². The Kier molecular flexibility index (Phi) is 4.75. The van der Waals surface area contributed by atoms with Crippen molar-refractivity contribution in [1.82, 2.24) is 10.3 Å². The number of para-hydroxylation sites is 1. The Morgan fingerprint density at radius 2 is 2.10 bits per heavy atom. The van der Waals surface area contributed by atoms with Gasteiger partial charge in [0.1, 0.15) is 0 Å². The molecule has 0 aliphatic heterocycles. The molecule has 3 N–H and O–H groups in total. The number of H-pyrrole nitrogens is 1. The standard InChI is InChI=1S/C16H20N2O3/c1-3-10(2)14(9-19)18-16(21)12-8-15(20)17-13-7-5-4-6-11(12)13/h4-8,10,14,19H,3,9H2,1-2H3,(H,17,20)(H,18,21)/t10-,14+/m1/s1. The first-order chi connectivity index (χ1) is 10.1. The number of fused-ring (bicyclic) bond motifs is 1. The smallest absolute Gasteiger partial charge is 0.252 e. The molecule has 0 unspecified atom stereocenters. The molecule has 0 radical (unpaired) electrons. The van der Waals surface area contributed by atoms with Gasteiger partial charge in [0, 0.05) is 17.0 Å². The van der Waals surface area contributed by atoms with E-state index in [9.17, 15) is 14.7 Å². The van der Waals surface area contributed by atoms with E-state index in [1.807, 2.05) is 19.9 Å². The van der Waals surface area contributed by atoms with E-state index in [0.717, 1.165) is 6.42 Å². The Morgan fingerprint density at radius 3 is 2.76 bits per heavy atom. The number of aromatic amines is 1. The van der Waals surface area contributed by atoms with E-state index in [0.29, 0.717) is 16.5 Å². The number of benzene rings is 1. The van der Waals surface area contributed by atoms with Crippen LogP contribution in [0, 0.1) is 5.92 Å². The van der Waals surface area contributed by atoms with Crippen molar-refractivity contribution in [3.63, 3.8) is 0 Å². The van der Waals surface area contributed by atoms with E-state index >= 15 is 0 Å². The molecule has 0 saturated heterocycles. The minimum absolute atomic E-state index is 0.123. The first-order valence-corrected chi connectivity index (χ1v) is 7.10. The summed E-state index contributed by atoms with van der Waals surface area (Å²) in [6.07, 6.45) is 0.849. The lowest BCUT2D eigenvalue weighted by Gasteiger charge is -2.22. The molecule has 0 bridgehead atoms. The highest BCUT2D eigenvalue weighted by Crippen LogP contribution is 2.15. The number of aromatic nitrogens is 1. The van der Waals surface area contributed by atoms with Crippen molar-refractivity contribution in [2.75, 3.05) is 6.61 Å². The summed E-state index contributed by atoms with van der Waals surface area (Å²) < 4.78 is 0. The third kappa shape index (κ3) is 3.31. The lowest BCUT2D eigenvalue weighted by Crippen LogP contribution is -2.42. The average Bonchev–Trinajstić information content (AvgIpc) is 2.50. The van der Waals surface area contributed by atoms with Gasteiger partial charge >= 0.3 is 0 Å². The van der Waals surface area contributed by atoms with Gasteiger partial charge in [-0.15, -0.1) is 0 Å². The third-order valence-corrected chi connectivity index (χ3v) is 3.84. The van der Waals surface area contributed by atoms with E-state index in [4.69, 9.17) is 0 Å². The molecular formula is C16H20N2O3. The van der Waals surface area contributed by atoms with Gasteiger partial charge in [0.15, 0.2) is 0 Å². The maximum absolute atomic E-state index is 12.4. The van der Waals surface area contributed by atoms with Crippen LogP contribution in [-0.2, 0) is 0 Å². The van der Waals surface area contributed by atoms with Gasteiger partial charge < -0.3 is 15.4 Å². The Hall–Kier alpha value is -2.14. The molecule has 5 heteroatoms. The summed E-state index contributed by atoms with van der Waals surface area (Å²) >= 11 is 0. The van der Waals surface area contributed by atoms with E-state index in [1.54, 1.807) is 18.2 Å². The Balaban J connectivity index is 2.37. The summed E-state index contributed by atoms with van der Waals surface area (Å²) in [4.78, 5) is 26.8. The summed E-state index contributed by atoms with van der Waals surface area (Å²) in [6, 6.07) is 8.14. The zero-order chi connectivity index (χ0) is 15.4. The molecule has 112 valence electrons. The van der Waals surface area contributed by atoms with Gasteiger partial charge in [0.05, 0.1) is 18.2 Å². The molecule has 0 aliphatic rings. The van der Waals surface area contributed by atoms with Crippen molar-refractivity contribution in [3.8, 4) is 0 Å². The van der Waals surface area contributed by atoms with Crippen LogP contribution in [0.2, 0.25) is 0 Å². The number of amides is 1. The number of carbonyl (C=O) groups is 1. The second-order valence-corrected chi connectivity index (χ2v) is 5.24. The van der Waals surface area contributed by atoms with Gasteiger partial charge in [-0.1, -0.05) is 38.5 Å². The van der Waals surface area contributed by atoms with Crippen LogP contribution >= 0.6 is 0 Å². The summed E-state index contributed by atoms with van der Waals surface area (Å²) in [7, 11) is 0. The Morgan fingerprint density at radius 1 is 1.38 bits per heavy atom. The minimum Gasteiger partial charge on any atom is -0.394 e. The number of aliphatic hydroxyl groups is 1.